The third-order valence-corrected chi connectivity index (χ3v) is 3.60. The molecule has 0 saturated heterocycles. The highest BCUT2D eigenvalue weighted by molar-refractivity contribution is 8.00. The van der Waals surface area contributed by atoms with Crippen molar-refractivity contribution >= 4 is 34.7 Å². The summed E-state index contributed by atoms with van der Waals surface area (Å²) in [7, 11) is 1.67. The highest BCUT2D eigenvalue weighted by Gasteiger charge is 2.17. The van der Waals surface area contributed by atoms with Gasteiger partial charge >= 0.3 is 11.9 Å². The summed E-state index contributed by atoms with van der Waals surface area (Å²) in [6.07, 6.45) is 1.70. The van der Waals surface area contributed by atoms with E-state index in [4.69, 9.17) is 14.9 Å². The van der Waals surface area contributed by atoms with Crippen LogP contribution < -0.4 is 4.74 Å². The van der Waals surface area contributed by atoms with Crippen molar-refractivity contribution in [3.8, 4) is 5.88 Å². The zero-order valence-electron chi connectivity index (χ0n) is 11.7. The SMILES string of the molecule is Cn1nc2c(SCC(=O)O)ncnc2c1OCCCC(=O)O. The molecule has 0 bridgehead atoms. The number of hydrogen-bond donors (Lipinski definition) is 2. The second-order valence-electron chi connectivity index (χ2n) is 4.33. The Bertz CT molecular complexity index is 702. The molecule has 2 heterocycles. The minimum atomic E-state index is -0.946. The van der Waals surface area contributed by atoms with Gasteiger partial charge in [0.2, 0.25) is 5.88 Å². The van der Waals surface area contributed by atoms with Crippen molar-refractivity contribution in [2.75, 3.05) is 12.4 Å². The maximum absolute atomic E-state index is 10.6. The summed E-state index contributed by atoms with van der Waals surface area (Å²) in [6, 6.07) is 0. The van der Waals surface area contributed by atoms with Crippen LogP contribution in [0.25, 0.3) is 11.0 Å². The first-order chi connectivity index (χ1) is 10.5. The van der Waals surface area contributed by atoms with Crippen molar-refractivity contribution in [3.05, 3.63) is 6.33 Å². The third-order valence-electron chi connectivity index (χ3n) is 2.64. The van der Waals surface area contributed by atoms with E-state index in [2.05, 4.69) is 15.1 Å². The number of nitrogens with zero attached hydrogens (tertiary/aromatic N) is 4. The van der Waals surface area contributed by atoms with Crippen LogP contribution in [0.3, 0.4) is 0 Å². The summed E-state index contributed by atoms with van der Waals surface area (Å²) < 4.78 is 7.02. The van der Waals surface area contributed by atoms with Crippen LogP contribution in [0.4, 0.5) is 0 Å². The van der Waals surface area contributed by atoms with E-state index in [0.717, 1.165) is 11.8 Å². The normalized spacial score (nSPS) is 10.8. The van der Waals surface area contributed by atoms with Crippen molar-refractivity contribution in [3.63, 3.8) is 0 Å². The summed E-state index contributed by atoms with van der Waals surface area (Å²) in [5, 5.41) is 22.0. The molecule has 0 aromatic carbocycles. The van der Waals surface area contributed by atoms with Gasteiger partial charge < -0.3 is 14.9 Å². The lowest BCUT2D eigenvalue weighted by Gasteiger charge is -2.04. The average Bonchev–Trinajstić information content (AvgIpc) is 2.77. The number of rotatable bonds is 8. The first-order valence-corrected chi connectivity index (χ1v) is 7.34. The van der Waals surface area contributed by atoms with Crippen LogP contribution in [-0.4, -0.2) is 54.3 Å². The van der Waals surface area contributed by atoms with Crippen LogP contribution in [0.1, 0.15) is 12.8 Å². The predicted octanol–water partition coefficient (Wildman–Crippen LogP) is 0.784. The number of aromatic nitrogens is 4. The minimum Gasteiger partial charge on any atom is -0.481 e. The first kappa shape index (κ1) is 16.0. The van der Waals surface area contributed by atoms with Gasteiger partial charge in [0.05, 0.1) is 12.4 Å². The Kier molecular flexibility index (Phi) is 5.15. The van der Waals surface area contributed by atoms with Crippen LogP contribution in [0.15, 0.2) is 11.4 Å². The smallest absolute Gasteiger partial charge is 0.313 e. The number of fused-ring (bicyclic) bond motifs is 1. The Balaban J connectivity index is 2.17. The van der Waals surface area contributed by atoms with Crippen LogP contribution in [0.2, 0.25) is 0 Å². The van der Waals surface area contributed by atoms with E-state index in [1.54, 1.807) is 7.05 Å². The molecule has 0 aliphatic rings. The van der Waals surface area contributed by atoms with Crippen molar-refractivity contribution in [2.45, 2.75) is 17.9 Å². The van der Waals surface area contributed by atoms with E-state index >= 15 is 0 Å². The Hall–Kier alpha value is -2.36. The second-order valence-corrected chi connectivity index (χ2v) is 5.30. The molecule has 118 valence electrons. The topological polar surface area (TPSA) is 127 Å². The number of aliphatic carboxylic acids is 2. The van der Waals surface area contributed by atoms with Gasteiger partial charge in [0.1, 0.15) is 16.9 Å². The molecule has 9 nitrogen and oxygen atoms in total. The first-order valence-electron chi connectivity index (χ1n) is 6.36. The number of ether oxygens (including phenoxy) is 1. The van der Waals surface area contributed by atoms with Gasteiger partial charge in [0.15, 0.2) is 5.52 Å². The van der Waals surface area contributed by atoms with Crippen molar-refractivity contribution < 1.29 is 24.5 Å². The lowest BCUT2D eigenvalue weighted by Crippen LogP contribution is -2.05. The van der Waals surface area contributed by atoms with E-state index < -0.39 is 11.9 Å². The summed E-state index contributed by atoms with van der Waals surface area (Å²) in [5.41, 5.74) is 0.935. The van der Waals surface area contributed by atoms with Crippen molar-refractivity contribution in [1.29, 1.82) is 0 Å². The van der Waals surface area contributed by atoms with Gasteiger partial charge in [-0.3, -0.25) is 9.59 Å². The molecule has 0 aliphatic heterocycles. The molecule has 0 fully saturated rings. The largest absolute Gasteiger partial charge is 0.481 e. The van der Waals surface area contributed by atoms with Crippen molar-refractivity contribution in [2.24, 2.45) is 7.05 Å². The standard InChI is InChI=1S/C12H14N4O5S/c1-16-12(21-4-2-3-7(17)18)10-9(15-16)11(14-6-13-10)22-5-8(19)20/h6H,2-5H2,1H3,(H,17,18)(H,19,20). The van der Waals surface area contributed by atoms with Gasteiger partial charge in [-0.15, -0.1) is 0 Å². The van der Waals surface area contributed by atoms with Crippen LogP contribution in [-0.2, 0) is 16.6 Å². The molecule has 10 heteroatoms. The zero-order valence-corrected chi connectivity index (χ0v) is 12.5. The molecule has 2 aromatic heterocycles. The fourth-order valence-corrected chi connectivity index (χ4v) is 2.40. The molecule has 0 amide bonds. The number of hydrogen-bond acceptors (Lipinski definition) is 7. The molecule has 0 saturated carbocycles. The fraction of sp³-hybridized carbons (Fsp3) is 0.417. The Morgan fingerprint density at radius 1 is 1.27 bits per heavy atom. The maximum atomic E-state index is 10.6. The van der Waals surface area contributed by atoms with Gasteiger partial charge in [0, 0.05) is 13.5 Å². The van der Waals surface area contributed by atoms with Gasteiger partial charge in [0.25, 0.3) is 0 Å². The van der Waals surface area contributed by atoms with E-state index in [0.29, 0.717) is 28.4 Å². The summed E-state index contributed by atoms with van der Waals surface area (Å²) in [5.74, 6) is -1.55. The number of thioether (sulfide) groups is 1. The minimum absolute atomic E-state index is 0.0183. The van der Waals surface area contributed by atoms with Gasteiger partial charge in [-0.05, 0) is 6.42 Å². The Labute approximate surface area is 129 Å². The molecule has 0 aliphatic carbocycles. The second kappa shape index (κ2) is 7.07. The summed E-state index contributed by atoms with van der Waals surface area (Å²) >= 11 is 1.05. The van der Waals surface area contributed by atoms with Gasteiger partial charge in [-0.25, -0.2) is 14.6 Å². The molecular formula is C12H14N4O5S. The molecule has 2 N–H and O–H groups in total. The van der Waals surface area contributed by atoms with Crippen LogP contribution in [0, 0.1) is 0 Å². The highest BCUT2D eigenvalue weighted by atomic mass is 32.2. The molecule has 0 radical (unpaired) electrons. The molecular weight excluding hydrogens is 312 g/mol. The number of carbonyl (C=O) groups is 2. The number of aryl methyl sites for hydroxylation is 1. The van der Waals surface area contributed by atoms with E-state index in [-0.39, 0.29) is 18.8 Å². The lowest BCUT2D eigenvalue weighted by molar-refractivity contribution is -0.137. The van der Waals surface area contributed by atoms with Crippen LogP contribution in [0.5, 0.6) is 5.88 Å². The molecule has 0 spiro atoms. The van der Waals surface area contributed by atoms with Crippen molar-refractivity contribution in [1.82, 2.24) is 19.7 Å². The fourth-order valence-electron chi connectivity index (χ4n) is 1.75. The monoisotopic (exact) mass is 326 g/mol. The van der Waals surface area contributed by atoms with E-state index in [9.17, 15) is 9.59 Å². The molecule has 22 heavy (non-hydrogen) atoms. The number of carboxylic acids is 2. The zero-order chi connectivity index (χ0) is 16.1. The van der Waals surface area contributed by atoms with Crippen LogP contribution >= 0.6 is 11.8 Å². The average molecular weight is 326 g/mol. The number of carboxylic acid groups (broad SMARTS) is 2. The highest BCUT2D eigenvalue weighted by Crippen LogP contribution is 2.29. The Morgan fingerprint density at radius 3 is 2.73 bits per heavy atom. The maximum Gasteiger partial charge on any atom is 0.313 e. The summed E-state index contributed by atoms with van der Waals surface area (Å²) in [6.45, 7) is 0.225. The van der Waals surface area contributed by atoms with Gasteiger partial charge in [-0.2, -0.15) is 5.10 Å². The van der Waals surface area contributed by atoms with E-state index in [1.165, 1.54) is 11.0 Å². The third kappa shape index (κ3) is 3.85. The van der Waals surface area contributed by atoms with E-state index in [1.807, 2.05) is 0 Å². The molecule has 2 aromatic rings. The Morgan fingerprint density at radius 2 is 2.05 bits per heavy atom. The molecule has 0 unspecified atom stereocenters. The predicted molar refractivity (Wildman–Crippen MR) is 77.0 cm³/mol. The van der Waals surface area contributed by atoms with Gasteiger partial charge in [-0.1, -0.05) is 11.8 Å². The molecule has 0 atom stereocenters. The molecule has 2 rings (SSSR count). The lowest BCUT2D eigenvalue weighted by atomic mass is 10.3. The summed E-state index contributed by atoms with van der Waals surface area (Å²) in [4.78, 5) is 29.3. The quantitative estimate of drug-likeness (QED) is 0.411.